The minimum absolute atomic E-state index is 0.266. The molecular weight excluding hydrogens is 218 g/mol. The summed E-state index contributed by atoms with van der Waals surface area (Å²) in [5.41, 5.74) is 0.920. The Bertz CT molecular complexity index is 482. The van der Waals surface area contributed by atoms with Crippen molar-refractivity contribution in [1.29, 1.82) is 0 Å². The summed E-state index contributed by atoms with van der Waals surface area (Å²) in [4.78, 5) is 8.34. The zero-order valence-electron chi connectivity index (χ0n) is 9.93. The molecule has 0 aliphatic carbocycles. The van der Waals surface area contributed by atoms with Gasteiger partial charge in [0.1, 0.15) is 12.1 Å². The van der Waals surface area contributed by atoms with E-state index in [1.54, 1.807) is 4.52 Å². The molecule has 0 aliphatic rings. The number of nitrogens with zero attached hydrogens (tertiary/aromatic N) is 4. The van der Waals surface area contributed by atoms with E-state index in [2.05, 4.69) is 20.4 Å². The maximum absolute atomic E-state index is 8.68. The van der Waals surface area contributed by atoms with Gasteiger partial charge in [-0.2, -0.15) is 14.6 Å². The molecule has 2 aromatic rings. The third-order valence-electron chi connectivity index (χ3n) is 2.52. The summed E-state index contributed by atoms with van der Waals surface area (Å²) < 4.78 is 1.69. The molecule has 2 aromatic heterocycles. The van der Waals surface area contributed by atoms with Crippen molar-refractivity contribution in [2.75, 3.05) is 18.5 Å². The van der Waals surface area contributed by atoms with E-state index in [0.717, 1.165) is 37.3 Å². The number of unbranched alkanes of at least 4 members (excludes halogenated alkanes) is 2. The van der Waals surface area contributed by atoms with Gasteiger partial charge in [-0.15, -0.1) is 0 Å². The lowest BCUT2D eigenvalue weighted by Crippen LogP contribution is -2.08. The van der Waals surface area contributed by atoms with Crippen LogP contribution in [-0.2, 0) is 0 Å². The number of hydrogen-bond donors (Lipinski definition) is 2. The zero-order chi connectivity index (χ0) is 12.1. The molecule has 0 atom stereocenters. The van der Waals surface area contributed by atoms with E-state index in [0.29, 0.717) is 5.78 Å². The van der Waals surface area contributed by atoms with Crippen LogP contribution in [0.1, 0.15) is 25.0 Å². The first-order valence-electron chi connectivity index (χ1n) is 5.83. The van der Waals surface area contributed by atoms with Crippen LogP contribution in [-0.4, -0.2) is 37.8 Å². The van der Waals surface area contributed by atoms with E-state index in [-0.39, 0.29) is 6.61 Å². The number of rotatable bonds is 6. The molecule has 2 N–H and O–H groups in total. The van der Waals surface area contributed by atoms with E-state index in [1.807, 2.05) is 13.0 Å². The van der Waals surface area contributed by atoms with Crippen LogP contribution in [0.4, 0.5) is 5.82 Å². The van der Waals surface area contributed by atoms with Crippen molar-refractivity contribution in [2.45, 2.75) is 26.2 Å². The number of aliphatic hydroxyl groups excluding tert-OH is 1. The number of aryl methyl sites for hydroxylation is 1. The summed E-state index contributed by atoms with van der Waals surface area (Å²) in [6.07, 6.45) is 4.40. The Morgan fingerprint density at radius 2 is 2.24 bits per heavy atom. The van der Waals surface area contributed by atoms with Gasteiger partial charge in [-0.3, -0.25) is 0 Å². The molecule has 0 fully saturated rings. The highest BCUT2D eigenvalue weighted by Gasteiger charge is 2.04. The number of aliphatic hydroxyl groups is 1. The first-order valence-corrected chi connectivity index (χ1v) is 5.83. The molecule has 0 amide bonds. The van der Waals surface area contributed by atoms with Crippen LogP contribution in [0.3, 0.4) is 0 Å². The largest absolute Gasteiger partial charge is 0.396 e. The molecule has 92 valence electrons. The molecule has 6 heteroatoms. The van der Waals surface area contributed by atoms with E-state index < -0.39 is 0 Å². The highest BCUT2D eigenvalue weighted by molar-refractivity contribution is 5.44. The van der Waals surface area contributed by atoms with Gasteiger partial charge in [0.2, 0.25) is 0 Å². The van der Waals surface area contributed by atoms with Crippen molar-refractivity contribution in [3.63, 3.8) is 0 Å². The summed E-state index contributed by atoms with van der Waals surface area (Å²) >= 11 is 0. The Balaban J connectivity index is 2.00. The fraction of sp³-hybridized carbons (Fsp3) is 0.545. The number of hydrogen-bond acceptors (Lipinski definition) is 5. The number of nitrogens with one attached hydrogen (secondary N) is 1. The second-order valence-electron chi connectivity index (χ2n) is 3.97. The SMILES string of the molecule is Cc1cc(NCCCCCO)n2ncnc2n1. The average molecular weight is 235 g/mol. The summed E-state index contributed by atoms with van der Waals surface area (Å²) in [5, 5.41) is 16.1. The third kappa shape index (κ3) is 2.91. The summed E-state index contributed by atoms with van der Waals surface area (Å²) in [6.45, 7) is 3.06. The predicted molar refractivity (Wildman–Crippen MR) is 64.9 cm³/mol. The lowest BCUT2D eigenvalue weighted by atomic mass is 10.2. The highest BCUT2D eigenvalue weighted by atomic mass is 16.2. The minimum Gasteiger partial charge on any atom is -0.396 e. The molecular formula is C11H17N5O. The second kappa shape index (κ2) is 5.58. The van der Waals surface area contributed by atoms with Crippen LogP contribution in [0, 0.1) is 6.92 Å². The first-order chi connectivity index (χ1) is 8.31. The van der Waals surface area contributed by atoms with E-state index >= 15 is 0 Å². The molecule has 17 heavy (non-hydrogen) atoms. The van der Waals surface area contributed by atoms with Crippen LogP contribution < -0.4 is 5.32 Å². The third-order valence-corrected chi connectivity index (χ3v) is 2.52. The Morgan fingerprint density at radius 3 is 3.06 bits per heavy atom. The van der Waals surface area contributed by atoms with Gasteiger partial charge in [0.15, 0.2) is 0 Å². The van der Waals surface area contributed by atoms with E-state index in [1.165, 1.54) is 6.33 Å². The zero-order valence-corrected chi connectivity index (χ0v) is 9.93. The quantitative estimate of drug-likeness (QED) is 0.731. The van der Waals surface area contributed by atoms with Crippen LogP contribution in [0.2, 0.25) is 0 Å². The number of aromatic nitrogens is 4. The van der Waals surface area contributed by atoms with Crippen LogP contribution in [0.25, 0.3) is 5.78 Å². The minimum atomic E-state index is 0.266. The topological polar surface area (TPSA) is 75.3 Å². The van der Waals surface area contributed by atoms with Crippen LogP contribution in [0.15, 0.2) is 12.4 Å². The Hall–Kier alpha value is -1.69. The summed E-state index contributed by atoms with van der Waals surface area (Å²) in [5.74, 6) is 1.52. The average Bonchev–Trinajstić information content (AvgIpc) is 2.76. The molecule has 0 unspecified atom stereocenters. The Morgan fingerprint density at radius 1 is 1.35 bits per heavy atom. The smallest absolute Gasteiger partial charge is 0.254 e. The van der Waals surface area contributed by atoms with Crippen molar-refractivity contribution >= 4 is 11.6 Å². The fourth-order valence-corrected chi connectivity index (χ4v) is 1.69. The van der Waals surface area contributed by atoms with Gasteiger partial charge in [0, 0.05) is 24.9 Å². The molecule has 0 spiro atoms. The molecule has 0 aliphatic heterocycles. The summed E-state index contributed by atoms with van der Waals surface area (Å²) in [7, 11) is 0. The van der Waals surface area contributed by atoms with Gasteiger partial charge < -0.3 is 10.4 Å². The van der Waals surface area contributed by atoms with Gasteiger partial charge in [0.25, 0.3) is 5.78 Å². The predicted octanol–water partition coefficient (Wildman–Crippen LogP) is 1.01. The molecule has 2 rings (SSSR count). The molecule has 0 aromatic carbocycles. The fourth-order valence-electron chi connectivity index (χ4n) is 1.69. The van der Waals surface area contributed by atoms with E-state index in [9.17, 15) is 0 Å². The van der Waals surface area contributed by atoms with Crippen LogP contribution in [0.5, 0.6) is 0 Å². The van der Waals surface area contributed by atoms with Crippen LogP contribution >= 0.6 is 0 Å². The normalized spacial score (nSPS) is 10.9. The lowest BCUT2D eigenvalue weighted by Gasteiger charge is -2.08. The summed E-state index contributed by atoms with van der Waals surface area (Å²) in [6, 6.07) is 1.95. The van der Waals surface area contributed by atoms with Gasteiger partial charge in [-0.25, -0.2) is 4.98 Å². The second-order valence-corrected chi connectivity index (χ2v) is 3.97. The van der Waals surface area contributed by atoms with Crippen molar-refractivity contribution in [3.05, 3.63) is 18.1 Å². The molecule has 0 saturated heterocycles. The first kappa shape index (κ1) is 11.8. The van der Waals surface area contributed by atoms with Gasteiger partial charge in [0.05, 0.1) is 0 Å². The maximum Gasteiger partial charge on any atom is 0.254 e. The van der Waals surface area contributed by atoms with Crippen molar-refractivity contribution in [2.24, 2.45) is 0 Å². The van der Waals surface area contributed by atoms with Gasteiger partial charge >= 0.3 is 0 Å². The molecule has 2 heterocycles. The monoisotopic (exact) mass is 235 g/mol. The number of anilines is 1. The molecule has 0 bridgehead atoms. The van der Waals surface area contributed by atoms with Crippen molar-refractivity contribution in [1.82, 2.24) is 19.6 Å². The lowest BCUT2D eigenvalue weighted by molar-refractivity contribution is 0.283. The standard InChI is InChI=1S/C11H17N5O/c1-9-7-10(12-5-3-2-4-6-17)16-11(15-9)13-8-14-16/h7-8,12,17H,2-6H2,1H3. The number of fused-ring (bicyclic) bond motifs is 1. The Kier molecular flexibility index (Phi) is 3.87. The van der Waals surface area contributed by atoms with Gasteiger partial charge in [-0.05, 0) is 26.2 Å². The molecule has 0 saturated carbocycles. The Labute approximate surface area is 99.7 Å². The van der Waals surface area contributed by atoms with Crippen molar-refractivity contribution in [3.8, 4) is 0 Å². The van der Waals surface area contributed by atoms with E-state index in [4.69, 9.17) is 5.11 Å². The van der Waals surface area contributed by atoms with Gasteiger partial charge in [-0.1, -0.05) is 0 Å². The maximum atomic E-state index is 8.68. The van der Waals surface area contributed by atoms with Crippen molar-refractivity contribution < 1.29 is 5.11 Å². The molecule has 0 radical (unpaired) electrons. The molecule has 6 nitrogen and oxygen atoms in total. The highest BCUT2D eigenvalue weighted by Crippen LogP contribution is 2.10.